The molecule has 1 amide bonds. The Morgan fingerprint density at radius 1 is 1.11 bits per heavy atom. The van der Waals surface area contributed by atoms with Crippen LogP contribution in [-0.4, -0.2) is 25.9 Å². The van der Waals surface area contributed by atoms with Gasteiger partial charge >= 0.3 is 0 Å². The van der Waals surface area contributed by atoms with Gasteiger partial charge in [0.25, 0.3) is 0 Å². The van der Waals surface area contributed by atoms with Crippen LogP contribution in [0.15, 0.2) is 59.9 Å². The quantitative estimate of drug-likeness (QED) is 0.633. The highest BCUT2D eigenvalue weighted by Gasteiger charge is 2.06. The molecule has 0 aliphatic carbocycles. The number of nitrogens with zero attached hydrogens (tertiary/aromatic N) is 3. The third kappa shape index (κ3) is 5.69. The molecule has 6 heteroatoms. The first-order valence-electron chi connectivity index (χ1n) is 8.96. The smallest absolute Gasteiger partial charge is 0.224 e. The van der Waals surface area contributed by atoms with Gasteiger partial charge < -0.3 is 5.32 Å². The minimum absolute atomic E-state index is 0.00981. The van der Waals surface area contributed by atoms with Crippen LogP contribution in [-0.2, 0) is 24.8 Å². The number of hydrogen-bond donors (Lipinski definition) is 1. The van der Waals surface area contributed by atoms with Crippen molar-refractivity contribution >= 4 is 17.7 Å². The van der Waals surface area contributed by atoms with Gasteiger partial charge in [0, 0.05) is 41.7 Å². The summed E-state index contributed by atoms with van der Waals surface area (Å²) >= 11 is 1.82. The largest absolute Gasteiger partial charge is 0.352 e. The minimum Gasteiger partial charge on any atom is -0.352 e. The number of benzene rings is 1. The molecule has 2 heterocycles. The second-order valence-corrected chi connectivity index (χ2v) is 8.37. The van der Waals surface area contributed by atoms with Crippen molar-refractivity contribution in [2.45, 2.75) is 37.0 Å². The molecule has 2 aromatic heterocycles. The molecule has 0 aliphatic rings. The topological polar surface area (TPSA) is 59.8 Å². The number of rotatable bonds is 7. The van der Waals surface area contributed by atoms with Crippen molar-refractivity contribution in [2.75, 3.05) is 0 Å². The van der Waals surface area contributed by atoms with Crippen LogP contribution in [0.2, 0.25) is 0 Å². The zero-order chi connectivity index (χ0) is 19.2. The van der Waals surface area contributed by atoms with Gasteiger partial charge in [-0.1, -0.05) is 32.0 Å². The third-order valence-electron chi connectivity index (χ3n) is 3.97. The number of thioether (sulfide) groups is 1. The summed E-state index contributed by atoms with van der Waals surface area (Å²) in [6, 6.07) is 12.1. The van der Waals surface area contributed by atoms with E-state index in [9.17, 15) is 4.79 Å². The van der Waals surface area contributed by atoms with Crippen molar-refractivity contribution < 1.29 is 4.79 Å². The molecule has 0 fully saturated rings. The Kier molecular flexibility index (Phi) is 6.29. The first-order valence-corrected chi connectivity index (χ1v) is 9.84. The molecule has 0 spiro atoms. The number of aromatic nitrogens is 3. The van der Waals surface area contributed by atoms with E-state index in [1.807, 2.05) is 49.3 Å². The summed E-state index contributed by atoms with van der Waals surface area (Å²) in [5.74, 6) is 0.00981. The Hall–Kier alpha value is -2.60. The van der Waals surface area contributed by atoms with E-state index >= 15 is 0 Å². The molecule has 140 valence electrons. The SMILES string of the molecule is CC(C)Sc1ccc(CC(=O)NCc2ccc(-c3cnn(C)c3)nc2)cc1. The average molecular weight is 381 g/mol. The van der Waals surface area contributed by atoms with E-state index < -0.39 is 0 Å². The summed E-state index contributed by atoms with van der Waals surface area (Å²) in [6.45, 7) is 4.81. The average Bonchev–Trinajstić information content (AvgIpc) is 3.08. The molecule has 0 aliphatic heterocycles. The third-order valence-corrected chi connectivity index (χ3v) is 4.99. The molecule has 1 N–H and O–H groups in total. The fraction of sp³-hybridized carbons (Fsp3) is 0.286. The van der Waals surface area contributed by atoms with Gasteiger partial charge in [-0.05, 0) is 29.3 Å². The van der Waals surface area contributed by atoms with Crippen LogP contribution < -0.4 is 5.32 Å². The van der Waals surface area contributed by atoms with Crippen LogP contribution in [0.3, 0.4) is 0 Å². The van der Waals surface area contributed by atoms with Gasteiger partial charge in [-0.3, -0.25) is 14.5 Å². The van der Waals surface area contributed by atoms with Crippen LogP contribution in [0.1, 0.15) is 25.0 Å². The van der Waals surface area contributed by atoms with E-state index in [0.717, 1.165) is 22.4 Å². The summed E-state index contributed by atoms with van der Waals surface area (Å²) in [5, 5.41) is 7.66. The predicted octanol–water partition coefficient (Wildman–Crippen LogP) is 3.84. The van der Waals surface area contributed by atoms with Crippen molar-refractivity contribution in [3.63, 3.8) is 0 Å². The Morgan fingerprint density at radius 3 is 2.44 bits per heavy atom. The maximum Gasteiger partial charge on any atom is 0.224 e. The van der Waals surface area contributed by atoms with Crippen LogP contribution in [0.5, 0.6) is 0 Å². The maximum atomic E-state index is 12.2. The highest BCUT2D eigenvalue weighted by atomic mass is 32.2. The van der Waals surface area contributed by atoms with E-state index in [1.165, 1.54) is 4.90 Å². The molecule has 27 heavy (non-hydrogen) atoms. The molecule has 0 radical (unpaired) electrons. The number of aryl methyl sites for hydroxylation is 1. The number of carbonyl (C=O) groups is 1. The lowest BCUT2D eigenvalue weighted by Gasteiger charge is -2.08. The van der Waals surface area contributed by atoms with Gasteiger partial charge in [-0.15, -0.1) is 11.8 Å². The van der Waals surface area contributed by atoms with E-state index in [0.29, 0.717) is 18.2 Å². The number of carbonyl (C=O) groups excluding carboxylic acids is 1. The molecule has 3 aromatic rings. The van der Waals surface area contributed by atoms with Crippen molar-refractivity contribution in [1.82, 2.24) is 20.1 Å². The van der Waals surface area contributed by atoms with Crippen LogP contribution >= 0.6 is 11.8 Å². The molecule has 0 saturated heterocycles. The number of nitrogens with one attached hydrogen (secondary N) is 1. The lowest BCUT2D eigenvalue weighted by molar-refractivity contribution is -0.120. The predicted molar refractivity (Wildman–Crippen MR) is 109 cm³/mol. The second kappa shape index (κ2) is 8.86. The fourth-order valence-corrected chi connectivity index (χ4v) is 3.50. The van der Waals surface area contributed by atoms with E-state index in [-0.39, 0.29) is 5.91 Å². The molecule has 0 atom stereocenters. The maximum absolute atomic E-state index is 12.2. The molecular weight excluding hydrogens is 356 g/mol. The first kappa shape index (κ1) is 19.2. The molecule has 1 aromatic carbocycles. The van der Waals surface area contributed by atoms with Gasteiger partial charge in [-0.2, -0.15) is 5.10 Å². The molecule has 5 nitrogen and oxygen atoms in total. The zero-order valence-electron chi connectivity index (χ0n) is 15.8. The summed E-state index contributed by atoms with van der Waals surface area (Å²) in [5.41, 5.74) is 3.84. The summed E-state index contributed by atoms with van der Waals surface area (Å²) in [4.78, 5) is 17.9. The Balaban J connectivity index is 1.50. The molecule has 0 unspecified atom stereocenters. The van der Waals surface area contributed by atoms with Gasteiger partial charge in [0.2, 0.25) is 5.91 Å². The van der Waals surface area contributed by atoms with Crippen LogP contribution in [0.4, 0.5) is 0 Å². The molecule has 0 bridgehead atoms. The summed E-state index contributed by atoms with van der Waals surface area (Å²) < 4.78 is 1.75. The molecule has 0 saturated carbocycles. The van der Waals surface area contributed by atoms with Crippen molar-refractivity contribution in [3.05, 3.63) is 66.1 Å². The van der Waals surface area contributed by atoms with E-state index in [2.05, 4.69) is 41.4 Å². The minimum atomic E-state index is 0.00981. The van der Waals surface area contributed by atoms with Crippen molar-refractivity contribution in [3.8, 4) is 11.3 Å². The lowest BCUT2D eigenvalue weighted by Crippen LogP contribution is -2.24. The molecule has 3 rings (SSSR count). The molecular formula is C21H24N4OS. The zero-order valence-corrected chi connectivity index (χ0v) is 16.7. The van der Waals surface area contributed by atoms with Gasteiger partial charge in [0.05, 0.1) is 18.3 Å². The highest BCUT2D eigenvalue weighted by molar-refractivity contribution is 7.99. The monoisotopic (exact) mass is 380 g/mol. The Labute approximate surface area is 164 Å². The van der Waals surface area contributed by atoms with Gasteiger partial charge in [0.1, 0.15) is 0 Å². The first-order chi connectivity index (χ1) is 13.0. The fourth-order valence-electron chi connectivity index (χ4n) is 2.66. The normalized spacial score (nSPS) is 11.0. The van der Waals surface area contributed by atoms with E-state index in [1.54, 1.807) is 17.1 Å². The van der Waals surface area contributed by atoms with Crippen molar-refractivity contribution in [2.24, 2.45) is 7.05 Å². The van der Waals surface area contributed by atoms with Crippen molar-refractivity contribution in [1.29, 1.82) is 0 Å². The number of amides is 1. The number of pyridine rings is 1. The Morgan fingerprint density at radius 2 is 1.85 bits per heavy atom. The van der Waals surface area contributed by atoms with Crippen LogP contribution in [0, 0.1) is 0 Å². The van der Waals surface area contributed by atoms with Crippen LogP contribution in [0.25, 0.3) is 11.3 Å². The summed E-state index contributed by atoms with van der Waals surface area (Å²) in [7, 11) is 1.88. The van der Waals surface area contributed by atoms with Gasteiger partial charge in [0.15, 0.2) is 0 Å². The standard InChI is InChI=1S/C21H24N4OS/c1-15(2)27-19-7-4-16(5-8-19)10-21(26)23-12-17-6-9-20(22-11-17)18-13-24-25(3)14-18/h4-9,11,13-15H,10,12H2,1-3H3,(H,23,26). The number of hydrogen-bond acceptors (Lipinski definition) is 4. The Bertz CT molecular complexity index is 885. The second-order valence-electron chi connectivity index (χ2n) is 6.72. The highest BCUT2D eigenvalue weighted by Crippen LogP contribution is 2.23. The summed E-state index contributed by atoms with van der Waals surface area (Å²) in [6.07, 6.45) is 5.89. The van der Waals surface area contributed by atoms with Gasteiger partial charge in [-0.25, -0.2) is 0 Å². The van der Waals surface area contributed by atoms with E-state index in [4.69, 9.17) is 0 Å². The lowest BCUT2D eigenvalue weighted by atomic mass is 10.1.